The lowest BCUT2D eigenvalue weighted by molar-refractivity contribution is 0.0954. The average Bonchev–Trinajstić information content (AvgIpc) is 2.92. The van der Waals surface area contributed by atoms with Gasteiger partial charge in [-0.3, -0.25) is 4.79 Å². The molecule has 6 heteroatoms. The summed E-state index contributed by atoms with van der Waals surface area (Å²) in [6.07, 6.45) is 1.53. The van der Waals surface area contributed by atoms with Crippen LogP contribution in [0.4, 0.5) is 5.82 Å². The quantitative estimate of drug-likeness (QED) is 0.744. The van der Waals surface area contributed by atoms with Crippen LogP contribution in [-0.2, 0) is 6.54 Å². The summed E-state index contributed by atoms with van der Waals surface area (Å²) >= 11 is 1.41. The molecule has 0 aliphatic rings. The number of hydrogen-bond donors (Lipinski definition) is 2. The van der Waals surface area contributed by atoms with Crippen molar-refractivity contribution in [1.82, 2.24) is 15.3 Å². The Bertz CT molecular complexity index is 871. The van der Waals surface area contributed by atoms with Crippen molar-refractivity contribution >= 4 is 33.3 Å². The van der Waals surface area contributed by atoms with Gasteiger partial charge in [0.15, 0.2) is 0 Å². The van der Waals surface area contributed by atoms with Crippen molar-refractivity contribution in [3.63, 3.8) is 0 Å². The summed E-state index contributed by atoms with van der Waals surface area (Å²) in [5.74, 6) is 0.715. The first-order chi connectivity index (χ1) is 11.6. The molecule has 5 nitrogen and oxygen atoms in total. The molecule has 0 spiro atoms. The normalized spacial score (nSPS) is 10.8. The molecule has 0 saturated carbocycles. The first-order valence-corrected chi connectivity index (χ1v) is 8.73. The number of carbonyl (C=O) groups excluding carboxylic acids is 1. The van der Waals surface area contributed by atoms with Gasteiger partial charge in [-0.25, -0.2) is 9.97 Å². The van der Waals surface area contributed by atoms with E-state index in [1.165, 1.54) is 23.2 Å². The number of anilines is 1. The minimum Gasteiger partial charge on any atom is -0.370 e. The number of thiophene rings is 1. The van der Waals surface area contributed by atoms with Gasteiger partial charge in [0.1, 0.15) is 17.0 Å². The first-order valence-electron chi connectivity index (χ1n) is 7.92. The Hall–Kier alpha value is -2.47. The number of benzene rings is 1. The molecule has 0 radical (unpaired) electrons. The largest absolute Gasteiger partial charge is 0.370 e. The second kappa shape index (κ2) is 6.97. The van der Waals surface area contributed by atoms with E-state index in [-0.39, 0.29) is 5.91 Å². The monoisotopic (exact) mass is 340 g/mol. The Labute approximate surface area is 145 Å². The highest BCUT2D eigenvalue weighted by Crippen LogP contribution is 2.33. The Morgan fingerprint density at radius 2 is 1.92 bits per heavy atom. The van der Waals surface area contributed by atoms with Gasteiger partial charge in [-0.15, -0.1) is 11.3 Å². The summed E-state index contributed by atoms with van der Waals surface area (Å²) in [6.45, 7) is 7.30. The highest BCUT2D eigenvalue weighted by molar-refractivity contribution is 7.20. The third kappa shape index (κ3) is 3.23. The van der Waals surface area contributed by atoms with Crippen molar-refractivity contribution in [2.75, 3.05) is 11.9 Å². The van der Waals surface area contributed by atoms with Crippen molar-refractivity contribution in [2.24, 2.45) is 0 Å². The Kier molecular flexibility index (Phi) is 4.76. The highest BCUT2D eigenvalue weighted by Gasteiger charge is 2.18. The van der Waals surface area contributed by atoms with Crippen molar-refractivity contribution in [2.45, 2.75) is 27.3 Å². The molecule has 0 aliphatic carbocycles. The molecule has 0 bridgehead atoms. The van der Waals surface area contributed by atoms with Gasteiger partial charge in [0.2, 0.25) is 0 Å². The summed E-state index contributed by atoms with van der Waals surface area (Å²) in [7, 11) is 0. The third-order valence-corrected chi connectivity index (χ3v) is 5.05. The fourth-order valence-corrected chi connectivity index (χ4v) is 3.62. The molecular weight excluding hydrogens is 320 g/mol. The predicted molar refractivity (Wildman–Crippen MR) is 98.7 cm³/mol. The van der Waals surface area contributed by atoms with Gasteiger partial charge >= 0.3 is 0 Å². The lowest BCUT2D eigenvalue weighted by Crippen LogP contribution is -2.22. The molecule has 0 atom stereocenters. The number of aryl methyl sites for hydroxylation is 2. The molecule has 1 amide bonds. The fraction of sp³-hybridized carbons (Fsp3) is 0.278. The molecule has 3 rings (SSSR count). The van der Waals surface area contributed by atoms with Gasteiger partial charge < -0.3 is 10.6 Å². The molecule has 2 heterocycles. The number of amides is 1. The average molecular weight is 340 g/mol. The van der Waals surface area contributed by atoms with E-state index in [1.807, 2.05) is 45.0 Å². The van der Waals surface area contributed by atoms with Crippen LogP contribution >= 0.6 is 11.3 Å². The van der Waals surface area contributed by atoms with E-state index in [2.05, 4.69) is 20.6 Å². The van der Waals surface area contributed by atoms with E-state index < -0.39 is 0 Å². The van der Waals surface area contributed by atoms with Crippen molar-refractivity contribution < 1.29 is 4.79 Å². The topological polar surface area (TPSA) is 66.9 Å². The Morgan fingerprint density at radius 3 is 2.62 bits per heavy atom. The molecular formula is C18H20N4OS. The van der Waals surface area contributed by atoms with Crippen LogP contribution in [0.2, 0.25) is 0 Å². The maximum Gasteiger partial charge on any atom is 0.261 e. The maximum atomic E-state index is 12.6. The number of carbonyl (C=O) groups is 1. The smallest absolute Gasteiger partial charge is 0.261 e. The third-order valence-electron chi connectivity index (χ3n) is 3.85. The summed E-state index contributed by atoms with van der Waals surface area (Å²) < 4.78 is 0. The van der Waals surface area contributed by atoms with E-state index in [0.717, 1.165) is 33.7 Å². The first kappa shape index (κ1) is 16.4. The second-order valence-electron chi connectivity index (χ2n) is 5.66. The molecule has 124 valence electrons. The number of aromatic nitrogens is 2. The maximum absolute atomic E-state index is 12.6. The van der Waals surface area contributed by atoms with Crippen LogP contribution in [0.15, 0.2) is 30.6 Å². The van der Waals surface area contributed by atoms with Crippen LogP contribution in [-0.4, -0.2) is 22.4 Å². The highest BCUT2D eigenvalue weighted by atomic mass is 32.1. The van der Waals surface area contributed by atoms with E-state index in [0.29, 0.717) is 11.4 Å². The summed E-state index contributed by atoms with van der Waals surface area (Å²) in [5, 5.41) is 7.16. The van der Waals surface area contributed by atoms with Gasteiger partial charge in [-0.1, -0.05) is 29.8 Å². The van der Waals surface area contributed by atoms with E-state index in [1.54, 1.807) is 0 Å². The number of rotatable bonds is 5. The van der Waals surface area contributed by atoms with Crippen molar-refractivity contribution in [1.29, 1.82) is 0 Å². The predicted octanol–water partition coefficient (Wildman–Crippen LogP) is 3.67. The molecule has 0 fully saturated rings. The molecule has 0 aliphatic heterocycles. The van der Waals surface area contributed by atoms with Crippen molar-refractivity contribution in [3.8, 4) is 0 Å². The molecule has 24 heavy (non-hydrogen) atoms. The molecule has 2 aromatic heterocycles. The zero-order chi connectivity index (χ0) is 17.1. The summed E-state index contributed by atoms with van der Waals surface area (Å²) in [6, 6.07) is 8.15. The second-order valence-corrected chi connectivity index (χ2v) is 6.66. The van der Waals surface area contributed by atoms with Crippen LogP contribution < -0.4 is 10.6 Å². The lowest BCUT2D eigenvalue weighted by atomic mass is 10.1. The Balaban J connectivity index is 1.83. The van der Waals surface area contributed by atoms with E-state index >= 15 is 0 Å². The zero-order valence-electron chi connectivity index (χ0n) is 14.0. The van der Waals surface area contributed by atoms with Crippen LogP contribution in [0.3, 0.4) is 0 Å². The van der Waals surface area contributed by atoms with Crippen LogP contribution in [0.1, 0.15) is 33.3 Å². The van der Waals surface area contributed by atoms with Gasteiger partial charge in [0.05, 0.1) is 10.3 Å². The Morgan fingerprint density at radius 1 is 1.17 bits per heavy atom. The molecule has 0 unspecified atom stereocenters. The molecule has 0 saturated heterocycles. The van der Waals surface area contributed by atoms with Gasteiger partial charge in [0.25, 0.3) is 5.91 Å². The van der Waals surface area contributed by atoms with Crippen LogP contribution in [0, 0.1) is 13.8 Å². The van der Waals surface area contributed by atoms with Gasteiger partial charge in [-0.2, -0.15) is 0 Å². The fourth-order valence-electron chi connectivity index (χ4n) is 2.56. The van der Waals surface area contributed by atoms with Gasteiger partial charge in [-0.05, 0) is 31.9 Å². The number of hydrogen-bond acceptors (Lipinski definition) is 5. The van der Waals surface area contributed by atoms with E-state index in [9.17, 15) is 4.79 Å². The summed E-state index contributed by atoms with van der Waals surface area (Å²) in [5.41, 5.74) is 3.22. The number of nitrogens with one attached hydrogen (secondary N) is 2. The van der Waals surface area contributed by atoms with Crippen molar-refractivity contribution in [3.05, 3.63) is 52.2 Å². The SMILES string of the molecule is CCNc1ncnc2sc(C(=O)NCc3ccc(C)cc3)c(C)c12. The number of fused-ring (bicyclic) bond motifs is 1. The van der Waals surface area contributed by atoms with Gasteiger partial charge in [0, 0.05) is 13.1 Å². The zero-order valence-corrected chi connectivity index (χ0v) is 14.8. The molecule has 1 aromatic carbocycles. The van der Waals surface area contributed by atoms with Crippen LogP contribution in [0.25, 0.3) is 10.2 Å². The summed E-state index contributed by atoms with van der Waals surface area (Å²) in [4.78, 5) is 22.7. The molecule has 3 aromatic rings. The molecule has 2 N–H and O–H groups in total. The minimum absolute atomic E-state index is 0.0708. The van der Waals surface area contributed by atoms with E-state index in [4.69, 9.17) is 0 Å². The van der Waals surface area contributed by atoms with Crippen LogP contribution in [0.5, 0.6) is 0 Å². The standard InChI is InChI=1S/C18H20N4OS/c1-4-19-16-14-12(3)15(24-18(14)22-10-21-16)17(23)20-9-13-7-5-11(2)6-8-13/h5-8,10H,4,9H2,1-3H3,(H,20,23)(H,19,21,22). The number of nitrogens with zero attached hydrogens (tertiary/aromatic N) is 2. The minimum atomic E-state index is -0.0708. The lowest BCUT2D eigenvalue weighted by Gasteiger charge is -2.06.